The summed E-state index contributed by atoms with van der Waals surface area (Å²) in [7, 11) is 0. The van der Waals surface area contributed by atoms with Gasteiger partial charge in [0, 0.05) is 18.5 Å². The van der Waals surface area contributed by atoms with E-state index in [4.69, 9.17) is 0 Å². The summed E-state index contributed by atoms with van der Waals surface area (Å²) in [6.07, 6.45) is 3.09. The zero-order valence-electron chi connectivity index (χ0n) is 11.2. The highest BCUT2D eigenvalue weighted by atomic mass is 16.2. The molecule has 0 radical (unpaired) electrons. The van der Waals surface area contributed by atoms with E-state index in [9.17, 15) is 9.59 Å². The highest BCUT2D eigenvalue weighted by Crippen LogP contribution is 2.25. The van der Waals surface area contributed by atoms with Crippen LogP contribution in [0.2, 0.25) is 0 Å². The standard InChI is InChI=1S/C13H23N3O2/c1-9(2)15-13(18)11-3-4-12(17)16(11)10-5-7-14-8-6-10/h9-11,14H,3-8H2,1-2H3,(H,15,18)/t11-/m1/s1. The van der Waals surface area contributed by atoms with Crippen LogP contribution in [0.3, 0.4) is 0 Å². The molecule has 0 bridgehead atoms. The zero-order chi connectivity index (χ0) is 13.1. The van der Waals surface area contributed by atoms with Gasteiger partial charge in [-0.1, -0.05) is 0 Å². The smallest absolute Gasteiger partial charge is 0.243 e. The Morgan fingerprint density at radius 2 is 2.00 bits per heavy atom. The van der Waals surface area contributed by atoms with E-state index in [0.29, 0.717) is 12.8 Å². The minimum atomic E-state index is -0.247. The number of carbonyl (C=O) groups excluding carboxylic acids is 2. The highest BCUT2D eigenvalue weighted by molar-refractivity contribution is 5.91. The molecule has 2 heterocycles. The summed E-state index contributed by atoms with van der Waals surface area (Å²) in [4.78, 5) is 26.0. The van der Waals surface area contributed by atoms with E-state index in [1.54, 1.807) is 0 Å². The predicted octanol–water partition coefficient (Wildman–Crippen LogP) is 0.254. The van der Waals surface area contributed by atoms with Crippen molar-refractivity contribution in [1.29, 1.82) is 0 Å². The van der Waals surface area contributed by atoms with Crippen LogP contribution in [-0.2, 0) is 9.59 Å². The Morgan fingerprint density at radius 1 is 1.33 bits per heavy atom. The topological polar surface area (TPSA) is 61.4 Å². The first-order valence-corrected chi connectivity index (χ1v) is 6.92. The van der Waals surface area contributed by atoms with Gasteiger partial charge in [0.1, 0.15) is 6.04 Å². The Bertz CT molecular complexity index is 324. The normalized spacial score (nSPS) is 25.8. The summed E-state index contributed by atoms with van der Waals surface area (Å²) in [5.41, 5.74) is 0. The summed E-state index contributed by atoms with van der Waals surface area (Å²) in [6, 6.07) is 0.121. The molecule has 1 atom stereocenters. The van der Waals surface area contributed by atoms with Crippen molar-refractivity contribution in [3.05, 3.63) is 0 Å². The number of nitrogens with zero attached hydrogens (tertiary/aromatic N) is 1. The average Bonchev–Trinajstić information content (AvgIpc) is 2.71. The number of hydrogen-bond acceptors (Lipinski definition) is 3. The molecule has 2 amide bonds. The molecule has 2 fully saturated rings. The fourth-order valence-electron chi connectivity index (χ4n) is 2.88. The first-order chi connectivity index (χ1) is 8.59. The second kappa shape index (κ2) is 5.69. The largest absolute Gasteiger partial charge is 0.352 e. The quantitative estimate of drug-likeness (QED) is 0.758. The lowest BCUT2D eigenvalue weighted by atomic mass is 10.0. The molecule has 5 nitrogen and oxygen atoms in total. The summed E-state index contributed by atoms with van der Waals surface area (Å²) in [6.45, 7) is 5.77. The summed E-state index contributed by atoms with van der Waals surface area (Å²) in [5.74, 6) is 0.153. The van der Waals surface area contributed by atoms with Gasteiger partial charge in [-0.2, -0.15) is 0 Å². The molecule has 2 N–H and O–H groups in total. The van der Waals surface area contributed by atoms with E-state index < -0.39 is 0 Å². The fourth-order valence-corrected chi connectivity index (χ4v) is 2.88. The van der Waals surface area contributed by atoms with Crippen LogP contribution in [0, 0.1) is 0 Å². The first-order valence-electron chi connectivity index (χ1n) is 6.92. The number of rotatable bonds is 3. The number of hydrogen-bond donors (Lipinski definition) is 2. The van der Waals surface area contributed by atoms with E-state index >= 15 is 0 Å². The molecule has 0 aromatic carbocycles. The molecule has 2 aliphatic heterocycles. The van der Waals surface area contributed by atoms with Crippen molar-refractivity contribution in [1.82, 2.24) is 15.5 Å². The fraction of sp³-hybridized carbons (Fsp3) is 0.846. The Balaban J connectivity index is 2.04. The molecule has 18 heavy (non-hydrogen) atoms. The van der Waals surface area contributed by atoms with Gasteiger partial charge < -0.3 is 15.5 Å². The number of amides is 2. The van der Waals surface area contributed by atoms with Crippen molar-refractivity contribution >= 4 is 11.8 Å². The molecule has 0 spiro atoms. The first kappa shape index (κ1) is 13.3. The molecule has 0 aromatic heterocycles. The average molecular weight is 253 g/mol. The predicted molar refractivity (Wildman–Crippen MR) is 69.0 cm³/mol. The third-order valence-electron chi connectivity index (χ3n) is 3.69. The molecule has 2 rings (SSSR count). The van der Waals surface area contributed by atoms with Crippen LogP contribution in [0.25, 0.3) is 0 Å². The molecular weight excluding hydrogens is 230 g/mol. The molecular formula is C13H23N3O2. The van der Waals surface area contributed by atoms with Gasteiger partial charge in [-0.25, -0.2) is 0 Å². The second-order valence-corrected chi connectivity index (χ2v) is 5.50. The third-order valence-corrected chi connectivity index (χ3v) is 3.69. The maximum absolute atomic E-state index is 12.1. The maximum atomic E-state index is 12.1. The third kappa shape index (κ3) is 2.83. The minimum absolute atomic E-state index is 0.00869. The van der Waals surface area contributed by atoms with Gasteiger partial charge in [0.15, 0.2) is 0 Å². The number of carbonyl (C=O) groups is 2. The number of piperidine rings is 1. The van der Waals surface area contributed by atoms with Gasteiger partial charge >= 0.3 is 0 Å². The van der Waals surface area contributed by atoms with Crippen LogP contribution in [0.1, 0.15) is 39.5 Å². The summed E-state index contributed by atoms with van der Waals surface area (Å²) in [5, 5.41) is 6.22. The molecule has 0 aliphatic carbocycles. The van der Waals surface area contributed by atoms with E-state index in [2.05, 4.69) is 10.6 Å². The van der Waals surface area contributed by atoms with Crippen molar-refractivity contribution in [3.63, 3.8) is 0 Å². The summed E-state index contributed by atoms with van der Waals surface area (Å²) >= 11 is 0. The molecule has 5 heteroatoms. The van der Waals surface area contributed by atoms with Gasteiger partial charge in [-0.15, -0.1) is 0 Å². The van der Waals surface area contributed by atoms with Crippen molar-refractivity contribution in [2.45, 2.75) is 57.7 Å². The van der Waals surface area contributed by atoms with Crippen LogP contribution >= 0.6 is 0 Å². The molecule has 0 aromatic rings. The van der Waals surface area contributed by atoms with Gasteiger partial charge in [0.25, 0.3) is 0 Å². The van der Waals surface area contributed by atoms with Crippen molar-refractivity contribution in [2.24, 2.45) is 0 Å². The lowest BCUT2D eigenvalue weighted by Crippen LogP contribution is -2.53. The van der Waals surface area contributed by atoms with E-state index in [-0.39, 0.29) is 29.9 Å². The lowest BCUT2D eigenvalue weighted by Gasteiger charge is -2.35. The monoisotopic (exact) mass is 253 g/mol. The van der Waals surface area contributed by atoms with E-state index in [1.165, 1.54) is 0 Å². The van der Waals surface area contributed by atoms with Crippen molar-refractivity contribution in [3.8, 4) is 0 Å². The van der Waals surface area contributed by atoms with E-state index in [1.807, 2.05) is 18.7 Å². The Morgan fingerprint density at radius 3 is 2.61 bits per heavy atom. The van der Waals surface area contributed by atoms with Crippen LogP contribution in [0.4, 0.5) is 0 Å². The van der Waals surface area contributed by atoms with Gasteiger partial charge in [0.05, 0.1) is 0 Å². The van der Waals surface area contributed by atoms with Crippen LogP contribution in [0.15, 0.2) is 0 Å². The van der Waals surface area contributed by atoms with Gasteiger partial charge in [-0.3, -0.25) is 9.59 Å². The zero-order valence-corrected chi connectivity index (χ0v) is 11.2. The summed E-state index contributed by atoms with van der Waals surface area (Å²) < 4.78 is 0. The maximum Gasteiger partial charge on any atom is 0.243 e. The molecule has 2 aliphatic rings. The van der Waals surface area contributed by atoms with E-state index in [0.717, 1.165) is 25.9 Å². The number of nitrogens with one attached hydrogen (secondary N) is 2. The Hall–Kier alpha value is -1.10. The Labute approximate surface area is 108 Å². The molecule has 102 valence electrons. The molecule has 0 saturated carbocycles. The number of likely N-dealkylation sites (tertiary alicyclic amines) is 1. The molecule has 2 saturated heterocycles. The van der Waals surface area contributed by atoms with Crippen LogP contribution < -0.4 is 10.6 Å². The van der Waals surface area contributed by atoms with Crippen LogP contribution in [-0.4, -0.2) is 47.9 Å². The highest BCUT2D eigenvalue weighted by Gasteiger charge is 2.40. The Kier molecular flexibility index (Phi) is 4.22. The molecule has 0 unspecified atom stereocenters. The van der Waals surface area contributed by atoms with Crippen molar-refractivity contribution < 1.29 is 9.59 Å². The SMILES string of the molecule is CC(C)NC(=O)[C@H]1CCC(=O)N1C1CCNCC1. The lowest BCUT2D eigenvalue weighted by molar-refractivity contribution is -0.138. The van der Waals surface area contributed by atoms with Crippen molar-refractivity contribution in [2.75, 3.05) is 13.1 Å². The van der Waals surface area contributed by atoms with Crippen LogP contribution in [0.5, 0.6) is 0 Å². The second-order valence-electron chi connectivity index (χ2n) is 5.50. The van der Waals surface area contributed by atoms with Gasteiger partial charge in [-0.05, 0) is 46.2 Å². The minimum Gasteiger partial charge on any atom is -0.352 e. The van der Waals surface area contributed by atoms with Gasteiger partial charge in [0.2, 0.25) is 11.8 Å².